The van der Waals surface area contributed by atoms with Crippen LogP contribution in [-0.2, 0) is 0 Å². The summed E-state index contributed by atoms with van der Waals surface area (Å²) in [7, 11) is 0. The lowest BCUT2D eigenvalue weighted by Gasteiger charge is -2.12. The maximum absolute atomic E-state index is 6.15. The molecule has 0 bridgehead atoms. The van der Waals surface area contributed by atoms with Crippen molar-refractivity contribution < 1.29 is 9.47 Å². The Kier molecular flexibility index (Phi) is 14.6. The van der Waals surface area contributed by atoms with E-state index in [1.807, 2.05) is 0 Å². The Balaban J connectivity index is 1.32. The standard InChI is InChI=1S/C42H46Br2N2O2S3/c1-3-5-7-9-11-13-27-47-31-19-15-29(16-20-31)37-38(30-17-21-32(22-18-30)48-28-14-12-10-8-6-4-2)46-40-39(45-37)41(33-23-25-35(43)49-33)51-42(40)34-24-26-36(44)50-34/h15-26H,3-14,27-28H2,1-2H3. The maximum Gasteiger partial charge on any atom is 0.119 e. The molecule has 0 aliphatic heterocycles. The summed E-state index contributed by atoms with van der Waals surface area (Å²) in [5.41, 5.74) is 5.60. The quantitative estimate of drug-likeness (QED) is 0.0717. The number of ether oxygens (including phenoxy) is 2. The number of thiophene rings is 3. The molecular formula is C42H46Br2N2O2S3. The highest BCUT2D eigenvalue weighted by atomic mass is 79.9. The summed E-state index contributed by atoms with van der Waals surface area (Å²) in [4.78, 5) is 15.6. The molecule has 2 aromatic carbocycles. The van der Waals surface area contributed by atoms with Crippen LogP contribution >= 0.6 is 65.9 Å². The van der Waals surface area contributed by atoms with Crippen LogP contribution in [0.1, 0.15) is 90.9 Å². The van der Waals surface area contributed by atoms with Gasteiger partial charge in [-0.05, 0) is 117 Å². The molecule has 0 aliphatic carbocycles. The lowest BCUT2D eigenvalue weighted by molar-refractivity contribution is 0.304. The molecule has 0 unspecified atom stereocenters. The summed E-state index contributed by atoms with van der Waals surface area (Å²) in [6.07, 6.45) is 15.0. The second kappa shape index (κ2) is 19.5. The van der Waals surface area contributed by atoms with Crippen molar-refractivity contribution in [3.8, 4) is 53.5 Å². The van der Waals surface area contributed by atoms with Crippen LogP contribution < -0.4 is 9.47 Å². The Morgan fingerprint density at radius 2 is 0.863 bits per heavy atom. The van der Waals surface area contributed by atoms with E-state index in [-0.39, 0.29) is 0 Å². The minimum absolute atomic E-state index is 0.742. The molecule has 0 saturated heterocycles. The smallest absolute Gasteiger partial charge is 0.119 e. The molecule has 0 atom stereocenters. The highest BCUT2D eigenvalue weighted by Crippen LogP contribution is 2.48. The van der Waals surface area contributed by atoms with Crippen LogP contribution in [0, 0.1) is 0 Å². The van der Waals surface area contributed by atoms with Crippen LogP contribution in [-0.4, -0.2) is 23.2 Å². The third-order valence-electron chi connectivity index (χ3n) is 8.91. The first-order chi connectivity index (χ1) is 25.0. The van der Waals surface area contributed by atoms with Crippen LogP contribution in [0.2, 0.25) is 0 Å². The first-order valence-corrected chi connectivity index (χ1v) is 22.4. The molecule has 4 aromatic heterocycles. The van der Waals surface area contributed by atoms with Crippen LogP contribution in [0.3, 0.4) is 0 Å². The normalized spacial score (nSPS) is 11.5. The van der Waals surface area contributed by atoms with E-state index >= 15 is 0 Å². The summed E-state index contributed by atoms with van der Waals surface area (Å²) in [6, 6.07) is 25.3. The summed E-state index contributed by atoms with van der Waals surface area (Å²) < 4.78 is 14.5. The van der Waals surface area contributed by atoms with Crippen molar-refractivity contribution in [2.45, 2.75) is 90.9 Å². The van der Waals surface area contributed by atoms with Crippen molar-refractivity contribution in [2.24, 2.45) is 0 Å². The number of unbranched alkanes of at least 4 members (excludes halogenated alkanes) is 10. The molecule has 4 heterocycles. The Hall–Kier alpha value is -2.56. The highest BCUT2D eigenvalue weighted by Gasteiger charge is 2.23. The molecule has 0 N–H and O–H groups in total. The van der Waals surface area contributed by atoms with Gasteiger partial charge in [0.05, 0.1) is 41.9 Å². The second-order valence-electron chi connectivity index (χ2n) is 12.9. The Bertz CT molecular complexity index is 1830. The summed E-state index contributed by atoms with van der Waals surface area (Å²) in [6.45, 7) is 6.00. The van der Waals surface area contributed by atoms with Gasteiger partial charge in [0, 0.05) is 20.9 Å². The van der Waals surface area contributed by atoms with Crippen LogP contribution in [0.15, 0.2) is 80.4 Å². The van der Waals surface area contributed by atoms with Gasteiger partial charge in [0.1, 0.15) is 22.5 Å². The van der Waals surface area contributed by atoms with Gasteiger partial charge in [-0.25, -0.2) is 9.97 Å². The Labute approximate surface area is 332 Å². The van der Waals surface area contributed by atoms with E-state index in [2.05, 4.69) is 119 Å². The van der Waals surface area contributed by atoms with Crippen molar-refractivity contribution in [3.05, 3.63) is 80.4 Å². The lowest BCUT2D eigenvalue weighted by atomic mass is 10.0. The van der Waals surface area contributed by atoms with E-state index in [1.54, 1.807) is 34.0 Å². The zero-order valence-electron chi connectivity index (χ0n) is 29.5. The van der Waals surface area contributed by atoms with E-state index in [1.165, 1.54) is 74.0 Å². The van der Waals surface area contributed by atoms with Crippen molar-refractivity contribution >= 4 is 76.9 Å². The number of hydrogen-bond donors (Lipinski definition) is 0. The Morgan fingerprint density at radius 3 is 1.24 bits per heavy atom. The molecule has 9 heteroatoms. The monoisotopic (exact) mass is 864 g/mol. The molecule has 268 valence electrons. The third kappa shape index (κ3) is 10.3. The van der Waals surface area contributed by atoms with Gasteiger partial charge in [-0.1, -0.05) is 78.1 Å². The molecule has 0 saturated carbocycles. The number of fused-ring (bicyclic) bond motifs is 1. The van der Waals surface area contributed by atoms with Crippen LogP contribution in [0.5, 0.6) is 11.5 Å². The van der Waals surface area contributed by atoms with E-state index in [0.717, 1.165) is 88.4 Å². The molecule has 0 amide bonds. The molecule has 0 fully saturated rings. The number of aromatic nitrogens is 2. The van der Waals surface area contributed by atoms with Crippen LogP contribution in [0.4, 0.5) is 0 Å². The third-order valence-corrected chi connectivity index (χ3v) is 13.7. The Morgan fingerprint density at radius 1 is 0.471 bits per heavy atom. The number of halogens is 2. The minimum atomic E-state index is 0.742. The topological polar surface area (TPSA) is 44.2 Å². The van der Waals surface area contributed by atoms with Gasteiger partial charge in [-0.15, -0.1) is 34.0 Å². The highest BCUT2D eigenvalue weighted by molar-refractivity contribution is 9.11. The fourth-order valence-electron chi connectivity index (χ4n) is 6.12. The zero-order valence-corrected chi connectivity index (χ0v) is 35.1. The van der Waals surface area contributed by atoms with Crippen molar-refractivity contribution in [1.29, 1.82) is 0 Å². The minimum Gasteiger partial charge on any atom is -0.494 e. The largest absolute Gasteiger partial charge is 0.494 e. The molecule has 0 aliphatic rings. The first kappa shape index (κ1) is 38.2. The zero-order chi connectivity index (χ0) is 35.4. The molecule has 4 nitrogen and oxygen atoms in total. The predicted molar refractivity (Wildman–Crippen MR) is 228 cm³/mol. The van der Waals surface area contributed by atoms with Gasteiger partial charge in [0.15, 0.2) is 0 Å². The van der Waals surface area contributed by atoms with Gasteiger partial charge in [0.2, 0.25) is 0 Å². The van der Waals surface area contributed by atoms with Crippen molar-refractivity contribution in [3.63, 3.8) is 0 Å². The summed E-state index contributed by atoms with van der Waals surface area (Å²) >= 11 is 12.6. The van der Waals surface area contributed by atoms with Gasteiger partial charge in [-0.2, -0.15) is 0 Å². The molecular weight excluding hydrogens is 820 g/mol. The maximum atomic E-state index is 6.15. The average molecular weight is 867 g/mol. The molecule has 51 heavy (non-hydrogen) atoms. The van der Waals surface area contributed by atoms with Gasteiger partial charge in [0.25, 0.3) is 0 Å². The van der Waals surface area contributed by atoms with Crippen molar-refractivity contribution in [1.82, 2.24) is 9.97 Å². The fraction of sp³-hybridized carbons (Fsp3) is 0.381. The van der Waals surface area contributed by atoms with Gasteiger partial charge < -0.3 is 9.47 Å². The molecule has 6 rings (SSSR count). The molecule has 0 radical (unpaired) electrons. The van der Waals surface area contributed by atoms with Crippen LogP contribution in [0.25, 0.3) is 53.1 Å². The SMILES string of the molecule is CCCCCCCCOc1ccc(-c2nc3c(-c4ccc(Br)s4)sc(-c4ccc(Br)s4)c3nc2-c2ccc(OCCCCCCCC)cc2)cc1. The number of hydrogen-bond acceptors (Lipinski definition) is 7. The average Bonchev–Trinajstić information content (AvgIpc) is 3.88. The van der Waals surface area contributed by atoms with E-state index in [4.69, 9.17) is 19.4 Å². The van der Waals surface area contributed by atoms with E-state index in [0.29, 0.717) is 0 Å². The summed E-state index contributed by atoms with van der Waals surface area (Å²) in [5.74, 6) is 1.78. The molecule has 6 aromatic rings. The molecule has 0 spiro atoms. The number of rotatable bonds is 20. The van der Waals surface area contributed by atoms with Crippen molar-refractivity contribution in [2.75, 3.05) is 13.2 Å². The van der Waals surface area contributed by atoms with Gasteiger partial charge >= 0.3 is 0 Å². The number of benzene rings is 2. The second-order valence-corrected chi connectivity index (χ2v) is 18.8. The van der Waals surface area contributed by atoms with E-state index in [9.17, 15) is 0 Å². The fourth-order valence-corrected chi connectivity index (χ4v) is 10.3. The van der Waals surface area contributed by atoms with E-state index < -0.39 is 0 Å². The summed E-state index contributed by atoms with van der Waals surface area (Å²) in [5, 5.41) is 0. The lowest BCUT2D eigenvalue weighted by Crippen LogP contribution is -1.99. The first-order valence-electron chi connectivity index (χ1n) is 18.4. The predicted octanol–water partition coefficient (Wildman–Crippen LogP) is 15.5. The number of nitrogens with zero attached hydrogens (tertiary/aromatic N) is 2. The van der Waals surface area contributed by atoms with Gasteiger partial charge in [-0.3, -0.25) is 0 Å².